The average molecular weight is 365 g/mol. The lowest BCUT2D eigenvalue weighted by Gasteiger charge is -2.28. The summed E-state index contributed by atoms with van der Waals surface area (Å²) in [6.07, 6.45) is 1.58. The van der Waals surface area contributed by atoms with E-state index in [9.17, 15) is 8.42 Å². The van der Waals surface area contributed by atoms with E-state index in [0.717, 1.165) is 23.7 Å². The highest BCUT2D eigenvalue weighted by Crippen LogP contribution is 2.31. The molecule has 1 fully saturated rings. The molecule has 0 spiro atoms. The van der Waals surface area contributed by atoms with E-state index < -0.39 is 9.84 Å². The van der Waals surface area contributed by atoms with E-state index >= 15 is 0 Å². The lowest BCUT2D eigenvalue weighted by Crippen LogP contribution is -2.44. The van der Waals surface area contributed by atoms with Crippen molar-refractivity contribution < 1.29 is 13.2 Å². The van der Waals surface area contributed by atoms with E-state index in [-0.39, 0.29) is 23.8 Å². The number of para-hydroxylation sites is 1. The minimum Gasteiger partial charge on any atom is -0.493 e. The quantitative estimate of drug-likeness (QED) is 0.629. The summed E-state index contributed by atoms with van der Waals surface area (Å²) in [5.74, 6) is 2.32. The molecule has 2 unspecified atom stereocenters. The Morgan fingerprint density at radius 3 is 2.84 bits per heavy atom. The van der Waals surface area contributed by atoms with Gasteiger partial charge in [-0.15, -0.1) is 0 Å². The summed E-state index contributed by atoms with van der Waals surface area (Å²) in [5, 5.41) is 6.85. The molecule has 2 aliphatic rings. The molecule has 2 heterocycles. The van der Waals surface area contributed by atoms with Crippen LogP contribution in [0.3, 0.4) is 0 Å². The average Bonchev–Trinajstić information content (AvgIpc) is 2.91. The Labute approximate surface area is 150 Å². The second kappa shape index (κ2) is 7.64. The standard InChI is InChI=1S/C18H27N3O3S/c1-13(2)20-18(19-11-14-8-10-25(22,23)12-14)21-16-7-9-24-17-6-4-3-5-15(16)17/h3-6,13-14,16H,7-12H2,1-2H3,(H2,19,20,21). The number of ether oxygens (including phenoxy) is 1. The van der Waals surface area contributed by atoms with Crippen LogP contribution in [0.4, 0.5) is 0 Å². The molecule has 2 N–H and O–H groups in total. The highest BCUT2D eigenvalue weighted by Gasteiger charge is 2.28. The van der Waals surface area contributed by atoms with Gasteiger partial charge in [0.25, 0.3) is 0 Å². The van der Waals surface area contributed by atoms with E-state index in [1.54, 1.807) is 0 Å². The molecule has 1 aromatic rings. The van der Waals surface area contributed by atoms with Crippen molar-refractivity contribution in [3.63, 3.8) is 0 Å². The van der Waals surface area contributed by atoms with Gasteiger partial charge in [-0.1, -0.05) is 18.2 Å². The molecule has 1 aromatic carbocycles. The molecular formula is C18H27N3O3S. The number of rotatable bonds is 4. The molecule has 2 atom stereocenters. The van der Waals surface area contributed by atoms with E-state index in [1.165, 1.54) is 0 Å². The van der Waals surface area contributed by atoms with Gasteiger partial charge in [-0.05, 0) is 32.3 Å². The van der Waals surface area contributed by atoms with Gasteiger partial charge >= 0.3 is 0 Å². The highest BCUT2D eigenvalue weighted by atomic mass is 32.2. The summed E-state index contributed by atoms with van der Waals surface area (Å²) in [4.78, 5) is 4.67. The fourth-order valence-electron chi connectivity index (χ4n) is 3.30. The topological polar surface area (TPSA) is 79.8 Å². The van der Waals surface area contributed by atoms with Crippen molar-refractivity contribution in [1.82, 2.24) is 10.6 Å². The van der Waals surface area contributed by atoms with Crippen molar-refractivity contribution in [3.8, 4) is 5.75 Å². The van der Waals surface area contributed by atoms with Gasteiger partial charge in [0.05, 0.1) is 24.2 Å². The van der Waals surface area contributed by atoms with E-state index in [4.69, 9.17) is 4.74 Å². The fraction of sp³-hybridized carbons (Fsp3) is 0.611. The molecule has 0 saturated carbocycles. The Morgan fingerprint density at radius 1 is 1.32 bits per heavy atom. The van der Waals surface area contributed by atoms with Crippen LogP contribution in [-0.2, 0) is 9.84 Å². The third kappa shape index (κ3) is 4.87. The minimum absolute atomic E-state index is 0.123. The Morgan fingerprint density at radius 2 is 2.12 bits per heavy atom. The first-order valence-electron chi connectivity index (χ1n) is 8.92. The van der Waals surface area contributed by atoms with Crippen LogP contribution in [0.15, 0.2) is 29.3 Å². The molecule has 0 aliphatic carbocycles. The van der Waals surface area contributed by atoms with Crippen molar-refractivity contribution in [1.29, 1.82) is 0 Å². The maximum atomic E-state index is 11.6. The number of nitrogens with zero attached hydrogens (tertiary/aromatic N) is 1. The maximum absolute atomic E-state index is 11.6. The molecule has 7 heteroatoms. The minimum atomic E-state index is -2.86. The first kappa shape index (κ1) is 18.0. The summed E-state index contributed by atoms with van der Waals surface area (Å²) in [6.45, 7) is 5.33. The number of aliphatic imine (C=N–C) groups is 1. The maximum Gasteiger partial charge on any atom is 0.191 e. The Kier molecular flexibility index (Phi) is 5.51. The summed E-state index contributed by atoms with van der Waals surface area (Å²) >= 11 is 0. The summed E-state index contributed by atoms with van der Waals surface area (Å²) in [7, 11) is -2.86. The fourth-order valence-corrected chi connectivity index (χ4v) is 5.15. The van der Waals surface area contributed by atoms with Crippen LogP contribution in [0, 0.1) is 5.92 Å². The smallest absolute Gasteiger partial charge is 0.191 e. The molecular weight excluding hydrogens is 338 g/mol. The first-order valence-corrected chi connectivity index (χ1v) is 10.7. The van der Waals surface area contributed by atoms with Crippen molar-refractivity contribution in [2.45, 2.75) is 38.8 Å². The van der Waals surface area contributed by atoms with Crippen LogP contribution in [0.2, 0.25) is 0 Å². The molecule has 2 aliphatic heterocycles. The predicted molar refractivity (Wildman–Crippen MR) is 99.8 cm³/mol. The highest BCUT2D eigenvalue weighted by molar-refractivity contribution is 7.91. The third-order valence-corrected chi connectivity index (χ3v) is 6.37. The molecule has 0 amide bonds. The number of hydrogen-bond donors (Lipinski definition) is 2. The molecule has 138 valence electrons. The van der Waals surface area contributed by atoms with Crippen molar-refractivity contribution in [2.24, 2.45) is 10.9 Å². The van der Waals surface area contributed by atoms with Gasteiger partial charge in [0.2, 0.25) is 0 Å². The van der Waals surface area contributed by atoms with Crippen LogP contribution in [-0.4, -0.2) is 45.1 Å². The second-order valence-corrected chi connectivity index (χ2v) is 9.36. The molecule has 0 bridgehead atoms. The number of nitrogens with one attached hydrogen (secondary N) is 2. The van der Waals surface area contributed by atoms with Crippen LogP contribution in [0.1, 0.15) is 38.3 Å². The lowest BCUT2D eigenvalue weighted by molar-refractivity contribution is 0.261. The number of guanidine groups is 1. The van der Waals surface area contributed by atoms with Gasteiger partial charge in [-0.2, -0.15) is 0 Å². The van der Waals surface area contributed by atoms with Crippen molar-refractivity contribution in [3.05, 3.63) is 29.8 Å². The zero-order valence-corrected chi connectivity index (χ0v) is 15.7. The summed E-state index contributed by atoms with van der Waals surface area (Å²) in [6, 6.07) is 8.43. The molecule has 1 saturated heterocycles. The van der Waals surface area contributed by atoms with E-state index in [1.807, 2.05) is 18.2 Å². The van der Waals surface area contributed by atoms with Crippen molar-refractivity contribution >= 4 is 15.8 Å². The Hall–Kier alpha value is -1.76. The number of sulfone groups is 1. The largest absolute Gasteiger partial charge is 0.493 e. The van der Waals surface area contributed by atoms with E-state index in [0.29, 0.717) is 25.3 Å². The molecule has 6 nitrogen and oxygen atoms in total. The Bertz CT molecular complexity index is 731. The number of hydrogen-bond acceptors (Lipinski definition) is 4. The van der Waals surface area contributed by atoms with Gasteiger partial charge in [-0.25, -0.2) is 8.42 Å². The predicted octanol–water partition coefficient (Wildman–Crippen LogP) is 1.89. The van der Waals surface area contributed by atoms with Gasteiger partial charge in [0.1, 0.15) is 5.75 Å². The third-order valence-electron chi connectivity index (χ3n) is 4.53. The Balaban J connectivity index is 1.70. The zero-order valence-electron chi connectivity index (χ0n) is 14.9. The zero-order chi connectivity index (χ0) is 17.9. The number of benzene rings is 1. The normalized spacial score (nSPS) is 25.3. The van der Waals surface area contributed by atoms with Gasteiger partial charge < -0.3 is 15.4 Å². The number of fused-ring (bicyclic) bond motifs is 1. The summed E-state index contributed by atoms with van der Waals surface area (Å²) in [5.41, 5.74) is 1.13. The van der Waals surface area contributed by atoms with Crippen LogP contribution in [0.25, 0.3) is 0 Å². The van der Waals surface area contributed by atoms with Gasteiger partial charge in [-0.3, -0.25) is 4.99 Å². The second-order valence-electron chi connectivity index (χ2n) is 7.13. The molecule has 25 heavy (non-hydrogen) atoms. The van der Waals surface area contributed by atoms with E-state index in [2.05, 4.69) is 35.5 Å². The molecule has 0 aromatic heterocycles. The van der Waals surface area contributed by atoms with Gasteiger partial charge in [0.15, 0.2) is 15.8 Å². The first-order chi connectivity index (χ1) is 11.9. The van der Waals surface area contributed by atoms with Crippen LogP contribution >= 0.6 is 0 Å². The van der Waals surface area contributed by atoms with Gasteiger partial charge in [0, 0.05) is 24.6 Å². The molecule has 3 rings (SSSR count). The molecule has 0 radical (unpaired) electrons. The van der Waals surface area contributed by atoms with Crippen LogP contribution < -0.4 is 15.4 Å². The van der Waals surface area contributed by atoms with Crippen molar-refractivity contribution in [2.75, 3.05) is 24.7 Å². The SMILES string of the molecule is CC(C)NC(=NCC1CCS(=O)(=O)C1)NC1CCOc2ccccc21. The summed E-state index contributed by atoms with van der Waals surface area (Å²) < 4.78 is 29.0. The lowest BCUT2D eigenvalue weighted by atomic mass is 10.0. The monoisotopic (exact) mass is 365 g/mol. The van der Waals surface area contributed by atoms with Crippen LogP contribution in [0.5, 0.6) is 5.75 Å².